The van der Waals surface area contributed by atoms with Crippen molar-refractivity contribution in [2.75, 3.05) is 0 Å². The number of carboxylic acid groups (broad SMARTS) is 1. The summed E-state index contributed by atoms with van der Waals surface area (Å²) in [5, 5.41) is 13.2. The second-order valence-corrected chi connectivity index (χ2v) is 6.81. The number of nitrogens with zero attached hydrogens (tertiary/aromatic N) is 4. The topological polar surface area (TPSA) is 102 Å². The van der Waals surface area contributed by atoms with Crippen molar-refractivity contribution in [3.63, 3.8) is 0 Å². The fourth-order valence-corrected chi connectivity index (χ4v) is 3.59. The minimum absolute atomic E-state index is 0.0115. The molecule has 0 unspecified atom stereocenters. The third kappa shape index (κ3) is 5.08. The lowest BCUT2D eigenvalue weighted by Gasteiger charge is -2.21. The van der Waals surface area contributed by atoms with Gasteiger partial charge in [-0.1, -0.05) is 50.1 Å². The number of carbonyl (C=O) groups is 1. The van der Waals surface area contributed by atoms with Crippen LogP contribution < -0.4 is 0 Å². The van der Waals surface area contributed by atoms with Gasteiger partial charge in [0.25, 0.3) is 0 Å². The van der Waals surface area contributed by atoms with Gasteiger partial charge >= 0.3 is 5.97 Å². The van der Waals surface area contributed by atoms with E-state index < -0.39 is 5.97 Å². The van der Waals surface area contributed by atoms with Crippen molar-refractivity contribution < 1.29 is 14.4 Å². The maximum Gasteiger partial charge on any atom is 0.304 e. The van der Waals surface area contributed by atoms with Gasteiger partial charge in [0.2, 0.25) is 11.7 Å². The van der Waals surface area contributed by atoms with Crippen LogP contribution >= 0.6 is 0 Å². The zero-order chi connectivity index (χ0) is 17.5. The monoisotopic (exact) mass is 344 g/mol. The molecule has 0 amide bonds. The first kappa shape index (κ1) is 17.5. The molecule has 0 saturated heterocycles. The van der Waals surface area contributed by atoms with Crippen LogP contribution in [0.25, 0.3) is 11.4 Å². The van der Waals surface area contributed by atoms with Crippen molar-refractivity contribution in [2.45, 2.75) is 63.7 Å². The van der Waals surface area contributed by atoms with Crippen LogP contribution in [0.15, 0.2) is 23.2 Å². The molecule has 0 bridgehead atoms. The molecule has 7 nitrogen and oxygen atoms in total. The van der Waals surface area contributed by atoms with Gasteiger partial charge in [-0.15, -0.1) is 0 Å². The predicted molar refractivity (Wildman–Crippen MR) is 90.7 cm³/mol. The maximum atomic E-state index is 11.2. The van der Waals surface area contributed by atoms with Gasteiger partial charge in [0, 0.05) is 18.3 Å². The molecule has 3 rings (SSSR count). The van der Waals surface area contributed by atoms with E-state index in [-0.39, 0.29) is 12.3 Å². The third-order valence-electron chi connectivity index (χ3n) is 4.92. The summed E-state index contributed by atoms with van der Waals surface area (Å²) >= 11 is 0. The molecular weight excluding hydrogens is 320 g/mol. The largest absolute Gasteiger partial charge is 0.481 e. The molecule has 134 valence electrons. The second kappa shape index (κ2) is 8.69. The number of rotatable bonds is 8. The van der Waals surface area contributed by atoms with Crippen LogP contribution in [0, 0.1) is 5.92 Å². The number of aromatic nitrogens is 4. The minimum Gasteiger partial charge on any atom is -0.481 e. The van der Waals surface area contributed by atoms with Crippen molar-refractivity contribution in [1.29, 1.82) is 0 Å². The summed E-state index contributed by atoms with van der Waals surface area (Å²) < 4.78 is 5.34. The molecule has 1 N–H and O–H groups in total. The van der Waals surface area contributed by atoms with Crippen molar-refractivity contribution in [1.82, 2.24) is 20.1 Å². The molecule has 2 aromatic rings. The number of hydrogen-bond acceptors (Lipinski definition) is 6. The molecule has 7 heteroatoms. The Morgan fingerprint density at radius 3 is 2.72 bits per heavy atom. The van der Waals surface area contributed by atoms with Gasteiger partial charge in [-0.25, -0.2) is 9.97 Å². The van der Waals surface area contributed by atoms with E-state index in [0.29, 0.717) is 17.3 Å². The Morgan fingerprint density at radius 1 is 1.24 bits per heavy atom. The van der Waals surface area contributed by atoms with Gasteiger partial charge in [-0.2, -0.15) is 4.98 Å². The Bertz CT molecular complexity index is 668. The van der Waals surface area contributed by atoms with E-state index in [1.165, 1.54) is 38.4 Å². The molecule has 0 spiro atoms. The highest BCUT2D eigenvalue weighted by Crippen LogP contribution is 2.31. The van der Waals surface area contributed by atoms with Crippen molar-refractivity contribution in [2.24, 2.45) is 5.92 Å². The number of carboxylic acids is 1. The summed E-state index contributed by atoms with van der Waals surface area (Å²) in [7, 11) is 0. The lowest BCUT2D eigenvalue weighted by Crippen LogP contribution is -2.10. The Hall–Kier alpha value is -2.31. The van der Waals surface area contributed by atoms with Crippen LogP contribution in [-0.2, 0) is 4.79 Å². The SMILES string of the molecule is O=C(O)C[C@H](CCCC1CCCCC1)c1nc(-c2cncnc2)no1. The lowest BCUT2D eigenvalue weighted by molar-refractivity contribution is -0.137. The standard InChI is InChI=1S/C18H24N4O3/c23-16(24)9-14(8-4-7-13-5-2-1-3-6-13)18-21-17(22-25-18)15-10-19-12-20-11-15/h10-14H,1-9H2,(H,23,24)/t14-/m0/s1. The van der Waals surface area contributed by atoms with Gasteiger partial charge < -0.3 is 9.63 Å². The zero-order valence-electron chi connectivity index (χ0n) is 14.3. The number of hydrogen-bond donors (Lipinski definition) is 1. The van der Waals surface area contributed by atoms with E-state index in [0.717, 1.165) is 25.2 Å². The van der Waals surface area contributed by atoms with Crippen molar-refractivity contribution in [3.8, 4) is 11.4 Å². The summed E-state index contributed by atoms with van der Waals surface area (Å²) in [5.74, 6) is 0.500. The van der Waals surface area contributed by atoms with E-state index in [2.05, 4.69) is 20.1 Å². The Kier molecular flexibility index (Phi) is 6.09. The molecule has 25 heavy (non-hydrogen) atoms. The van der Waals surface area contributed by atoms with E-state index >= 15 is 0 Å². The van der Waals surface area contributed by atoms with Gasteiger partial charge in [0.05, 0.1) is 12.0 Å². The summed E-state index contributed by atoms with van der Waals surface area (Å²) in [5.41, 5.74) is 0.661. The van der Waals surface area contributed by atoms with Crippen LogP contribution in [0.1, 0.15) is 69.6 Å². The molecular formula is C18H24N4O3. The molecule has 0 aromatic carbocycles. The van der Waals surface area contributed by atoms with Gasteiger partial charge in [-0.3, -0.25) is 4.79 Å². The quantitative estimate of drug-likeness (QED) is 0.776. The Labute approximate surface area is 146 Å². The van der Waals surface area contributed by atoms with Gasteiger partial charge in [0.1, 0.15) is 6.33 Å². The van der Waals surface area contributed by atoms with Crippen LogP contribution in [0.4, 0.5) is 0 Å². The minimum atomic E-state index is -0.842. The lowest BCUT2D eigenvalue weighted by atomic mass is 9.84. The first-order valence-electron chi connectivity index (χ1n) is 9.03. The highest BCUT2D eigenvalue weighted by atomic mass is 16.5. The number of aliphatic carboxylic acids is 1. The predicted octanol–water partition coefficient (Wildman–Crippen LogP) is 3.84. The van der Waals surface area contributed by atoms with Crippen LogP contribution in [-0.4, -0.2) is 31.2 Å². The Morgan fingerprint density at radius 2 is 2.00 bits per heavy atom. The van der Waals surface area contributed by atoms with Crippen molar-refractivity contribution in [3.05, 3.63) is 24.6 Å². The van der Waals surface area contributed by atoms with Crippen LogP contribution in [0.5, 0.6) is 0 Å². The normalized spacial score (nSPS) is 16.6. The first-order valence-corrected chi connectivity index (χ1v) is 9.03. The molecule has 1 aliphatic rings. The smallest absolute Gasteiger partial charge is 0.304 e. The van der Waals surface area contributed by atoms with E-state index in [4.69, 9.17) is 4.52 Å². The highest BCUT2D eigenvalue weighted by molar-refractivity contribution is 5.67. The molecule has 1 saturated carbocycles. The van der Waals surface area contributed by atoms with E-state index in [9.17, 15) is 9.90 Å². The second-order valence-electron chi connectivity index (χ2n) is 6.81. The van der Waals surface area contributed by atoms with Crippen LogP contribution in [0.2, 0.25) is 0 Å². The third-order valence-corrected chi connectivity index (χ3v) is 4.92. The van der Waals surface area contributed by atoms with Gasteiger partial charge in [0.15, 0.2) is 0 Å². The first-order chi connectivity index (χ1) is 12.2. The fourth-order valence-electron chi connectivity index (χ4n) is 3.59. The molecule has 1 atom stereocenters. The highest BCUT2D eigenvalue weighted by Gasteiger charge is 2.23. The average molecular weight is 344 g/mol. The average Bonchev–Trinajstić information content (AvgIpc) is 3.12. The molecule has 1 fully saturated rings. The molecule has 1 aliphatic carbocycles. The molecule has 2 aromatic heterocycles. The molecule has 0 aliphatic heterocycles. The summed E-state index contributed by atoms with van der Waals surface area (Å²) in [6.07, 6.45) is 14.2. The van der Waals surface area contributed by atoms with E-state index in [1.54, 1.807) is 12.4 Å². The zero-order valence-corrected chi connectivity index (χ0v) is 14.3. The summed E-state index contributed by atoms with van der Waals surface area (Å²) in [4.78, 5) is 23.5. The fraction of sp³-hybridized carbons (Fsp3) is 0.611. The molecule has 0 radical (unpaired) electrons. The van der Waals surface area contributed by atoms with Crippen molar-refractivity contribution >= 4 is 5.97 Å². The molecule has 2 heterocycles. The van der Waals surface area contributed by atoms with Crippen LogP contribution in [0.3, 0.4) is 0 Å². The van der Waals surface area contributed by atoms with E-state index in [1.807, 2.05) is 0 Å². The Balaban J connectivity index is 1.62. The maximum absolute atomic E-state index is 11.2. The summed E-state index contributed by atoms with van der Waals surface area (Å²) in [6, 6.07) is 0. The summed E-state index contributed by atoms with van der Waals surface area (Å²) in [6.45, 7) is 0. The van der Waals surface area contributed by atoms with Gasteiger partial charge in [-0.05, 0) is 12.3 Å².